The van der Waals surface area contributed by atoms with E-state index in [1.54, 1.807) is 0 Å². The molecule has 0 atom stereocenters. The summed E-state index contributed by atoms with van der Waals surface area (Å²) in [4.78, 5) is 0. The van der Waals surface area contributed by atoms with E-state index in [1.165, 1.54) is 0 Å². The minimum Gasteiger partial charge on any atom is -0.456 e. The molecule has 0 amide bonds. The van der Waals surface area contributed by atoms with Crippen LogP contribution in [-0.4, -0.2) is 0 Å². The van der Waals surface area contributed by atoms with Crippen LogP contribution >= 0.6 is 0 Å². The third kappa shape index (κ3) is 4.03. The Kier molecular flexibility index (Phi) is 3.55. The summed E-state index contributed by atoms with van der Waals surface area (Å²) in [7, 11) is 0. The fourth-order valence-corrected chi connectivity index (χ4v) is 6.82. The minimum atomic E-state index is -0.645. The standard InChI is InChI=1S/C46H28O/c1-2-13-31-25-32(22-21-29(31)11-1)41-26-34(27-42-35-15-5-3-12-30(35)23-24-36(41)42)45-37-16-6-8-18-39(37)46(40-19-9-7-17-38(40)45)44-28-33-14-4-10-20-43(33)47-44/h1-28H/i4D,6D,7D,8D,9D,10D,14D,16D,17D,18D,19D,20D,28D. The molecule has 0 saturated carbocycles. The average Bonchev–Trinajstić information content (AvgIpc) is 3.61. The van der Waals surface area contributed by atoms with Crippen molar-refractivity contribution >= 4 is 64.8 Å². The molecule has 0 aliphatic carbocycles. The van der Waals surface area contributed by atoms with Gasteiger partial charge in [0.25, 0.3) is 0 Å². The van der Waals surface area contributed by atoms with Gasteiger partial charge in [0, 0.05) is 10.9 Å². The summed E-state index contributed by atoms with van der Waals surface area (Å²) in [6.45, 7) is 0. The van der Waals surface area contributed by atoms with Crippen LogP contribution in [0.3, 0.4) is 0 Å². The topological polar surface area (TPSA) is 13.1 Å². The number of fused-ring (bicyclic) bond motifs is 7. The van der Waals surface area contributed by atoms with Crippen molar-refractivity contribution in [2.45, 2.75) is 0 Å². The molecule has 0 fully saturated rings. The van der Waals surface area contributed by atoms with Crippen molar-refractivity contribution in [2.75, 3.05) is 0 Å². The van der Waals surface area contributed by atoms with Crippen LogP contribution in [-0.2, 0) is 0 Å². The number of furan rings is 1. The number of hydrogen-bond acceptors (Lipinski definition) is 1. The summed E-state index contributed by atoms with van der Waals surface area (Å²) >= 11 is 0. The summed E-state index contributed by atoms with van der Waals surface area (Å²) in [6.07, 6.45) is 0. The van der Waals surface area contributed by atoms with E-state index in [1.807, 2.05) is 84.9 Å². The molecule has 0 aliphatic rings. The van der Waals surface area contributed by atoms with E-state index >= 15 is 0 Å². The predicted molar refractivity (Wildman–Crippen MR) is 200 cm³/mol. The van der Waals surface area contributed by atoms with Crippen LogP contribution < -0.4 is 0 Å². The predicted octanol–water partition coefficient (Wildman–Crippen LogP) is 13.2. The second kappa shape index (κ2) is 10.2. The van der Waals surface area contributed by atoms with E-state index < -0.39 is 84.3 Å². The molecule has 47 heavy (non-hydrogen) atoms. The molecule has 0 aliphatic heterocycles. The van der Waals surface area contributed by atoms with E-state index in [0.29, 0.717) is 5.56 Å². The zero-order chi connectivity index (χ0) is 42.2. The second-order valence-corrected chi connectivity index (χ2v) is 11.5. The van der Waals surface area contributed by atoms with Crippen molar-refractivity contribution in [3.05, 3.63) is 170 Å². The van der Waals surface area contributed by atoms with Crippen LogP contribution in [0.15, 0.2) is 174 Å². The van der Waals surface area contributed by atoms with Gasteiger partial charge in [0.05, 0.1) is 17.8 Å². The Labute approximate surface area is 290 Å². The van der Waals surface area contributed by atoms with Crippen LogP contribution in [0.25, 0.3) is 98.4 Å². The molecule has 1 aromatic heterocycles. The highest BCUT2D eigenvalue weighted by atomic mass is 16.3. The Morgan fingerprint density at radius 2 is 1.04 bits per heavy atom. The first kappa shape index (κ1) is 16.4. The van der Waals surface area contributed by atoms with Crippen molar-refractivity contribution in [3.8, 4) is 33.6 Å². The van der Waals surface area contributed by atoms with Gasteiger partial charge in [-0.1, -0.05) is 139 Å². The Morgan fingerprint density at radius 3 is 1.83 bits per heavy atom. The second-order valence-electron chi connectivity index (χ2n) is 11.5. The van der Waals surface area contributed by atoms with Crippen LogP contribution in [0.2, 0.25) is 0 Å². The van der Waals surface area contributed by atoms with Gasteiger partial charge in [0.15, 0.2) is 0 Å². The van der Waals surface area contributed by atoms with E-state index in [2.05, 4.69) is 6.07 Å². The fraction of sp³-hybridized carbons (Fsp3) is 0. The molecule has 0 unspecified atom stereocenters. The summed E-state index contributed by atoms with van der Waals surface area (Å²) in [5.74, 6) is -0.435. The van der Waals surface area contributed by atoms with Gasteiger partial charge in [-0.15, -0.1) is 0 Å². The summed E-state index contributed by atoms with van der Waals surface area (Å²) in [6, 6.07) is 22.0. The molecule has 9 aromatic carbocycles. The van der Waals surface area contributed by atoms with Crippen molar-refractivity contribution in [2.24, 2.45) is 0 Å². The van der Waals surface area contributed by atoms with Gasteiger partial charge < -0.3 is 4.42 Å². The number of para-hydroxylation sites is 1. The molecule has 0 spiro atoms. The fourth-order valence-electron chi connectivity index (χ4n) is 6.82. The highest BCUT2D eigenvalue weighted by Crippen LogP contribution is 2.47. The smallest absolute Gasteiger partial charge is 0.136 e. The molecule has 0 bridgehead atoms. The first-order valence-corrected chi connectivity index (χ1v) is 15.1. The lowest BCUT2D eigenvalue weighted by Crippen LogP contribution is -1.92. The lowest BCUT2D eigenvalue weighted by atomic mass is 9.84. The number of hydrogen-bond donors (Lipinski definition) is 0. The van der Waals surface area contributed by atoms with Gasteiger partial charge in [-0.05, 0) is 106 Å². The lowest BCUT2D eigenvalue weighted by Gasteiger charge is -2.19. The third-order valence-electron chi connectivity index (χ3n) is 8.91. The monoisotopic (exact) mass is 609 g/mol. The van der Waals surface area contributed by atoms with Crippen molar-refractivity contribution < 1.29 is 22.2 Å². The Morgan fingerprint density at radius 1 is 0.404 bits per heavy atom. The summed E-state index contributed by atoms with van der Waals surface area (Å²) < 4.78 is 123. The van der Waals surface area contributed by atoms with E-state index in [9.17, 15) is 6.85 Å². The molecule has 0 N–H and O–H groups in total. The molecular formula is C46H28O. The zero-order valence-electron chi connectivity index (χ0n) is 37.6. The van der Waals surface area contributed by atoms with Crippen molar-refractivity contribution in [1.29, 1.82) is 0 Å². The highest BCUT2D eigenvalue weighted by Gasteiger charge is 2.20. The summed E-state index contributed by atoms with van der Waals surface area (Å²) in [5.41, 5.74) is 1.46. The van der Waals surface area contributed by atoms with Gasteiger partial charge in [-0.25, -0.2) is 0 Å². The molecule has 0 saturated heterocycles. The SMILES string of the molecule is [2H]c1c([2H])c([2H])c2c([2H])c(-c3c4c([2H])c([2H])c([2H])c([2H])c4c(-c4cc(-c5ccc6ccccc6c5)c5ccc6ccccc6c5c4)c4c([2H])c([2H])c([2H])c([2H])c34)oc2c1[2H]. The lowest BCUT2D eigenvalue weighted by molar-refractivity contribution is 0.633. The van der Waals surface area contributed by atoms with E-state index in [0.717, 1.165) is 43.4 Å². The van der Waals surface area contributed by atoms with Gasteiger partial charge in [-0.3, -0.25) is 0 Å². The molecule has 10 rings (SSSR count). The molecule has 1 heteroatoms. The zero-order valence-corrected chi connectivity index (χ0v) is 24.6. The van der Waals surface area contributed by atoms with Crippen molar-refractivity contribution in [1.82, 2.24) is 0 Å². The van der Waals surface area contributed by atoms with Crippen LogP contribution in [0.5, 0.6) is 0 Å². The number of rotatable bonds is 3. The Bertz CT molecular complexity index is 3510. The average molecular weight is 610 g/mol. The quantitative estimate of drug-likeness (QED) is 0.143. The minimum absolute atomic E-state index is 0.100. The molecule has 218 valence electrons. The van der Waals surface area contributed by atoms with Crippen LogP contribution in [0, 0.1) is 0 Å². The van der Waals surface area contributed by atoms with Gasteiger partial charge in [0.1, 0.15) is 11.3 Å². The van der Waals surface area contributed by atoms with Crippen LogP contribution in [0.4, 0.5) is 0 Å². The molecular weight excluding hydrogens is 569 g/mol. The first-order chi connectivity index (χ1) is 28.7. The highest BCUT2D eigenvalue weighted by molar-refractivity contribution is 6.23. The maximum Gasteiger partial charge on any atom is 0.136 e. The normalized spacial score (nSPS) is 15.7. The largest absolute Gasteiger partial charge is 0.456 e. The molecule has 1 nitrogen and oxygen atoms in total. The van der Waals surface area contributed by atoms with Gasteiger partial charge in [0.2, 0.25) is 0 Å². The van der Waals surface area contributed by atoms with E-state index in [-0.39, 0.29) is 43.6 Å². The Hall–Kier alpha value is -6.18. The summed E-state index contributed by atoms with van der Waals surface area (Å²) in [5, 5.41) is 4.59. The molecule has 10 aromatic rings. The third-order valence-corrected chi connectivity index (χ3v) is 8.91. The van der Waals surface area contributed by atoms with E-state index in [4.69, 9.17) is 15.4 Å². The Balaban J connectivity index is 1.47. The first-order valence-electron chi connectivity index (χ1n) is 21.6. The molecule has 0 radical (unpaired) electrons. The molecule has 1 heterocycles. The van der Waals surface area contributed by atoms with Crippen molar-refractivity contribution in [3.63, 3.8) is 0 Å². The van der Waals surface area contributed by atoms with Gasteiger partial charge in [-0.2, -0.15) is 0 Å². The number of benzene rings is 9. The maximum atomic E-state index is 9.49. The maximum absolute atomic E-state index is 9.49. The van der Waals surface area contributed by atoms with Crippen LogP contribution in [0.1, 0.15) is 17.8 Å². The van der Waals surface area contributed by atoms with Gasteiger partial charge >= 0.3 is 0 Å².